The Morgan fingerprint density at radius 2 is 1.78 bits per heavy atom. The molecule has 0 fully saturated rings. The summed E-state index contributed by atoms with van der Waals surface area (Å²) in [6.07, 6.45) is -0.968. The van der Waals surface area contributed by atoms with Crippen LogP contribution in [0.4, 0.5) is 18.0 Å². The monoisotopic (exact) mass is 335 g/mol. The minimum absolute atomic E-state index is 0.237. The van der Waals surface area contributed by atoms with Crippen molar-refractivity contribution in [2.45, 2.75) is 33.3 Å². The average molecular weight is 335 g/mol. The first-order valence-corrected chi connectivity index (χ1v) is 6.47. The van der Waals surface area contributed by atoms with E-state index in [4.69, 9.17) is 4.74 Å². The molecule has 0 unspecified atom stereocenters. The average Bonchev–Trinajstić information content (AvgIpc) is 2.39. The molecular weight excluding hydrogens is 319 g/mol. The van der Waals surface area contributed by atoms with E-state index in [1.54, 1.807) is 26.3 Å². The third kappa shape index (κ3) is 5.78. The Balaban J connectivity index is 2.57. The van der Waals surface area contributed by atoms with Crippen LogP contribution in [0.5, 0.6) is 5.75 Å². The number of esters is 1. The zero-order valence-corrected chi connectivity index (χ0v) is 13.0. The Labute approximate surface area is 130 Å². The van der Waals surface area contributed by atoms with Crippen molar-refractivity contribution in [3.8, 4) is 5.75 Å². The van der Waals surface area contributed by atoms with Crippen LogP contribution in [0.3, 0.4) is 0 Å². The minimum atomic E-state index is -1.64. The van der Waals surface area contributed by atoms with Gasteiger partial charge in [-0.25, -0.2) is 18.4 Å². The van der Waals surface area contributed by atoms with Crippen LogP contribution < -0.4 is 10.2 Å². The number of hydrogen-bond donors (Lipinski definition) is 1. The summed E-state index contributed by atoms with van der Waals surface area (Å²) in [4.78, 5) is 27.1. The number of hydrogen-bond acceptors (Lipinski definition) is 5. The maximum absolute atomic E-state index is 13.6. The van der Waals surface area contributed by atoms with E-state index in [-0.39, 0.29) is 5.56 Å². The number of nitrogens with one attached hydrogen (secondary N) is 1. The lowest BCUT2D eigenvalue weighted by atomic mass is 10.2. The molecule has 1 amide bonds. The molecular formula is C14H16F3NO5. The molecule has 1 aromatic carbocycles. The van der Waals surface area contributed by atoms with E-state index in [1.807, 2.05) is 0 Å². The first-order chi connectivity index (χ1) is 10.5. The fourth-order valence-corrected chi connectivity index (χ4v) is 1.39. The van der Waals surface area contributed by atoms with Crippen LogP contribution in [0.25, 0.3) is 0 Å². The molecule has 0 saturated carbocycles. The number of carbonyl (C=O) groups is 2. The molecule has 6 nitrogen and oxygen atoms in total. The van der Waals surface area contributed by atoms with Gasteiger partial charge in [0.1, 0.15) is 5.60 Å². The molecule has 0 aliphatic rings. The van der Waals surface area contributed by atoms with Gasteiger partial charge >= 0.3 is 12.1 Å². The Kier molecular flexibility index (Phi) is 5.97. The Morgan fingerprint density at radius 1 is 1.17 bits per heavy atom. The molecule has 0 heterocycles. The van der Waals surface area contributed by atoms with E-state index in [2.05, 4.69) is 9.57 Å². The lowest BCUT2D eigenvalue weighted by molar-refractivity contribution is -0.142. The molecule has 23 heavy (non-hydrogen) atoms. The number of amides is 1. The van der Waals surface area contributed by atoms with E-state index in [0.29, 0.717) is 6.07 Å². The van der Waals surface area contributed by atoms with Crippen LogP contribution >= 0.6 is 0 Å². The second kappa shape index (κ2) is 7.32. The van der Waals surface area contributed by atoms with Crippen LogP contribution in [0, 0.1) is 24.4 Å². The fraction of sp³-hybridized carbons (Fsp3) is 0.429. The second-order valence-electron chi connectivity index (χ2n) is 5.50. The molecule has 0 atom stereocenters. The van der Waals surface area contributed by atoms with Gasteiger partial charge < -0.3 is 9.47 Å². The second-order valence-corrected chi connectivity index (χ2v) is 5.50. The predicted octanol–water partition coefficient (Wildman–Crippen LogP) is 2.77. The van der Waals surface area contributed by atoms with Gasteiger partial charge in [-0.05, 0) is 39.3 Å². The molecule has 0 saturated heterocycles. The summed E-state index contributed by atoms with van der Waals surface area (Å²) in [6, 6.07) is 0.628. The largest absolute Gasteiger partial charge is 0.442 e. The van der Waals surface area contributed by atoms with Crippen molar-refractivity contribution in [2.24, 2.45) is 0 Å². The van der Waals surface area contributed by atoms with Gasteiger partial charge in [-0.1, -0.05) is 0 Å². The Hall–Kier alpha value is -2.29. The van der Waals surface area contributed by atoms with Crippen molar-refractivity contribution < 1.29 is 37.1 Å². The highest BCUT2D eigenvalue weighted by molar-refractivity contribution is 5.74. The summed E-state index contributed by atoms with van der Waals surface area (Å²) >= 11 is 0. The van der Waals surface area contributed by atoms with Crippen LogP contribution in [0.1, 0.15) is 26.3 Å². The van der Waals surface area contributed by atoms with Crippen molar-refractivity contribution in [1.29, 1.82) is 0 Å². The molecule has 9 heteroatoms. The SMILES string of the molecule is Cc1cc(F)c(F)c(OC(=O)CONC(=O)OC(C)(C)C)c1F. The van der Waals surface area contributed by atoms with Gasteiger partial charge in [0.25, 0.3) is 0 Å². The summed E-state index contributed by atoms with van der Waals surface area (Å²) in [5.41, 5.74) is 0.769. The van der Waals surface area contributed by atoms with Gasteiger partial charge in [0.05, 0.1) is 0 Å². The van der Waals surface area contributed by atoms with E-state index in [9.17, 15) is 22.8 Å². The van der Waals surface area contributed by atoms with Gasteiger partial charge in [-0.2, -0.15) is 9.87 Å². The van der Waals surface area contributed by atoms with Crippen LogP contribution in [-0.4, -0.2) is 24.3 Å². The Morgan fingerprint density at radius 3 is 2.35 bits per heavy atom. The normalized spacial score (nSPS) is 11.1. The van der Waals surface area contributed by atoms with Crippen molar-refractivity contribution in [3.63, 3.8) is 0 Å². The zero-order chi connectivity index (χ0) is 17.8. The molecule has 0 radical (unpaired) electrons. The number of carbonyl (C=O) groups excluding carboxylic acids is 2. The number of ether oxygens (including phenoxy) is 2. The van der Waals surface area contributed by atoms with Gasteiger partial charge in [0.2, 0.25) is 11.6 Å². The summed E-state index contributed by atoms with van der Waals surface area (Å²) in [6.45, 7) is 5.14. The van der Waals surface area contributed by atoms with Crippen molar-refractivity contribution in [3.05, 3.63) is 29.1 Å². The topological polar surface area (TPSA) is 73.9 Å². The van der Waals surface area contributed by atoms with E-state index in [0.717, 1.165) is 0 Å². The Bertz CT molecular complexity index is 587. The van der Waals surface area contributed by atoms with Crippen molar-refractivity contribution in [1.82, 2.24) is 5.48 Å². The van der Waals surface area contributed by atoms with E-state index >= 15 is 0 Å². The molecule has 0 aromatic heterocycles. The lowest BCUT2D eigenvalue weighted by Gasteiger charge is -2.19. The third-order valence-electron chi connectivity index (χ3n) is 2.26. The number of hydroxylamine groups is 1. The number of rotatable bonds is 4. The molecule has 0 spiro atoms. The summed E-state index contributed by atoms with van der Waals surface area (Å²) < 4.78 is 49.4. The smallest absolute Gasteiger partial charge is 0.431 e. The van der Waals surface area contributed by atoms with Gasteiger partial charge in [-0.15, -0.1) is 0 Å². The molecule has 0 bridgehead atoms. The highest BCUT2D eigenvalue weighted by Gasteiger charge is 2.22. The first-order valence-electron chi connectivity index (χ1n) is 6.47. The lowest BCUT2D eigenvalue weighted by Crippen LogP contribution is -2.34. The maximum Gasteiger partial charge on any atom is 0.431 e. The molecule has 1 rings (SSSR count). The number of halogens is 3. The van der Waals surface area contributed by atoms with Gasteiger partial charge in [0.15, 0.2) is 18.2 Å². The molecule has 0 aliphatic heterocycles. The zero-order valence-electron chi connectivity index (χ0n) is 13.0. The highest BCUT2D eigenvalue weighted by Crippen LogP contribution is 2.26. The molecule has 0 aliphatic carbocycles. The first kappa shape index (κ1) is 18.8. The third-order valence-corrected chi connectivity index (χ3v) is 2.26. The van der Waals surface area contributed by atoms with Crippen LogP contribution in [0.2, 0.25) is 0 Å². The summed E-state index contributed by atoms with van der Waals surface area (Å²) in [7, 11) is 0. The summed E-state index contributed by atoms with van der Waals surface area (Å²) in [5, 5.41) is 0. The molecule has 1 N–H and O–H groups in total. The molecule has 128 valence electrons. The van der Waals surface area contributed by atoms with Crippen LogP contribution in [0.15, 0.2) is 6.07 Å². The summed E-state index contributed by atoms with van der Waals surface area (Å²) in [5.74, 6) is -6.63. The number of aryl methyl sites for hydroxylation is 1. The van der Waals surface area contributed by atoms with Crippen molar-refractivity contribution >= 4 is 12.1 Å². The molecule has 1 aromatic rings. The van der Waals surface area contributed by atoms with E-state index < -0.39 is 47.5 Å². The maximum atomic E-state index is 13.6. The van der Waals surface area contributed by atoms with Gasteiger partial charge in [0, 0.05) is 0 Å². The highest BCUT2D eigenvalue weighted by atomic mass is 19.2. The minimum Gasteiger partial charge on any atom is -0.442 e. The van der Waals surface area contributed by atoms with Gasteiger partial charge in [-0.3, -0.25) is 4.84 Å². The predicted molar refractivity (Wildman–Crippen MR) is 72.0 cm³/mol. The standard InChI is InChI=1S/C14H16F3NO5/c1-7-5-8(15)11(17)12(10(7)16)22-9(19)6-21-18-13(20)23-14(2,3)4/h5H,6H2,1-4H3,(H,18,20). The fourth-order valence-electron chi connectivity index (χ4n) is 1.39. The van der Waals surface area contributed by atoms with Crippen LogP contribution in [-0.2, 0) is 14.4 Å². The number of benzene rings is 1. The quantitative estimate of drug-likeness (QED) is 0.396. The van der Waals surface area contributed by atoms with Crippen molar-refractivity contribution in [2.75, 3.05) is 6.61 Å². The van der Waals surface area contributed by atoms with E-state index in [1.165, 1.54) is 6.92 Å².